The Hall–Kier alpha value is 0.140. The summed E-state index contributed by atoms with van der Waals surface area (Å²) in [7, 11) is 1.35. The Bertz CT molecular complexity index is 187. The Morgan fingerprint density at radius 2 is 2.33 bits per heavy atom. The first-order chi connectivity index (χ1) is 4.33. The molecule has 0 radical (unpaired) electrons. The van der Waals surface area contributed by atoms with E-state index < -0.39 is 0 Å². The minimum Gasteiger partial charge on any atom is -0.243 e. The van der Waals surface area contributed by atoms with Gasteiger partial charge in [-0.1, -0.05) is 22.4 Å². The fraction of sp³-hybridized carbons (Fsp3) is 0. The largest absolute Gasteiger partial charge is 0.243 e. The lowest BCUT2D eigenvalue weighted by molar-refractivity contribution is 1.24. The molecule has 0 fully saturated rings. The van der Waals surface area contributed by atoms with Crippen LogP contribution in [0.1, 0.15) is 0 Å². The van der Waals surface area contributed by atoms with Crippen molar-refractivity contribution < 1.29 is 0 Å². The third-order valence-electron chi connectivity index (χ3n) is 0.806. The highest BCUT2D eigenvalue weighted by atomic mass is 35.5. The van der Waals surface area contributed by atoms with Crippen molar-refractivity contribution in [1.82, 2.24) is 4.98 Å². The van der Waals surface area contributed by atoms with Crippen LogP contribution in [0.15, 0.2) is 23.2 Å². The standard InChI is InChI=1S/C5H4ClNS2/c6-5-2-1-4(9-8)3-7-5/h1-3,8H. The fourth-order valence-electron chi connectivity index (χ4n) is 0.416. The summed E-state index contributed by atoms with van der Waals surface area (Å²) in [6.07, 6.45) is 1.68. The highest BCUT2D eigenvalue weighted by Crippen LogP contribution is 2.20. The molecule has 0 N–H and O–H groups in total. The van der Waals surface area contributed by atoms with Crippen LogP contribution >= 0.6 is 34.1 Å². The summed E-state index contributed by atoms with van der Waals surface area (Å²) in [5, 5.41) is 0.515. The molecule has 0 spiro atoms. The molecule has 0 aliphatic rings. The van der Waals surface area contributed by atoms with Crippen molar-refractivity contribution in [3.63, 3.8) is 0 Å². The monoisotopic (exact) mass is 177 g/mol. The first kappa shape index (κ1) is 7.25. The molecule has 0 atom stereocenters. The van der Waals surface area contributed by atoms with Gasteiger partial charge in [0.05, 0.1) is 0 Å². The van der Waals surface area contributed by atoms with Crippen LogP contribution in [0.4, 0.5) is 0 Å². The molecule has 1 aromatic heterocycles. The number of hydrogen-bond acceptors (Lipinski definition) is 3. The number of halogens is 1. The van der Waals surface area contributed by atoms with E-state index in [4.69, 9.17) is 11.6 Å². The van der Waals surface area contributed by atoms with Gasteiger partial charge in [-0.15, -0.1) is 11.7 Å². The van der Waals surface area contributed by atoms with Crippen molar-refractivity contribution in [2.45, 2.75) is 4.90 Å². The SMILES string of the molecule is SSc1ccc(Cl)nc1. The van der Waals surface area contributed by atoms with E-state index in [1.54, 1.807) is 12.3 Å². The van der Waals surface area contributed by atoms with E-state index in [0.717, 1.165) is 4.90 Å². The zero-order valence-corrected chi connectivity index (χ0v) is 6.88. The van der Waals surface area contributed by atoms with Crippen LogP contribution in [0.3, 0.4) is 0 Å². The first-order valence-electron chi connectivity index (χ1n) is 2.26. The lowest BCUT2D eigenvalue weighted by Crippen LogP contribution is -1.72. The third-order valence-corrected chi connectivity index (χ3v) is 2.11. The van der Waals surface area contributed by atoms with Gasteiger partial charge in [0, 0.05) is 11.1 Å². The summed E-state index contributed by atoms with van der Waals surface area (Å²) in [5.41, 5.74) is 0. The van der Waals surface area contributed by atoms with Gasteiger partial charge in [0.1, 0.15) is 5.15 Å². The molecule has 1 nitrogen and oxygen atoms in total. The highest BCUT2D eigenvalue weighted by Gasteiger charge is 1.89. The van der Waals surface area contributed by atoms with Gasteiger partial charge in [-0.05, 0) is 12.1 Å². The van der Waals surface area contributed by atoms with Crippen molar-refractivity contribution in [3.05, 3.63) is 23.5 Å². The normalized spacial score (nSPS) is 9.56. The molecule has 1 aromatic rings. The maximum absolute atomic E-state index is 5.52. The minimum atomic E-state index is 0.515. The molecule has 48 valence electrons. The van der Waals surface area contributed by atoms with E-state index >= 15 is 0 Å². The van der Waals surface area contributed by atoms with Crippen LogP contribution < -0.4 is 0 Å². The molecule has 0 aliphatic heterocycles. The predicted molar refractivity (Wildman–Crippen MR) is 44.1 cm³/mol. The van der Waals surface area contributed by atoms with Crippen molar-refractivity contribution >= 4 is 34.1 Å². The number of hydrogen-bond donors (Lipinski definition) is 1. The Morgan fingerprint density at radius 3 is 2.78 bits per heavy atom. The van der Waals surface area contributed by atoms with E-state index in [1.807, 2.05) is 6.07 Å². The van der Waals surface area contributed by atoms with Gasteiger partial charge in [0.2, 0.25) is 0 Å². The van der Waals surface area contributed by atoms with Gasteiger partial charge < -0.3 is 0 Å². The Balaban J connectivity index is 2.88. The zero-order chi connectivity index (χ0) is 6.69. The fourth-order valence-corrected chi connectivity index (χ4v) is 1.08. The molecule has 0 amide bonds. The average molecular weight is 178 g/mol. The van der Waals surface area contributed by atoms with E-state index in [9.17, 15) is 0 Å². The van der Waals surface area contributed by atoms with Crippen LogP contribution in [0.25, 0.3) is 0 Å². The van der Waals surface area contributed by atoms with Gasteiger partial charge >= 0.3 is 0 Å². The Morgan fingerprint density at radius 1 is 1.56 bits per heavy atom. The third kappa shape index (κ3) is 2.08. The zero-order valence-electron chi connectivity index (χ0n) is 4.41. The topological polar surface area (TPSA) is 12.9 Å². The molecule has 4 heteroatoms. The molecule has 0 bridgehead atoms. The van der Waals surface area contributed by atoms with Gasteiger partial charge in [-0.3, -0.25) is 0 Å². The van der Waals surface area contributed by atoms with Crippen molar-refractivity contribution in [2.75, 3.05) is 0 Å². The van der Waals surface area contributed by atoms with Gasteiger partial charge in [-0.25, -0.2) is 4.98 Å². The summed E-state index contributed by atoms with van der Waals surface area (Å²) in [4.78, 5) is 4.85. The number of nitrogens with zero attached hydrogens (tertiary/aromatic N) is 1. The van der Waals surface area contributed by atoms with Crippen LogP contribution in [0.5, 0.6) is 0 Å². The van der Waals surface area contributed by atoms with Crippen molar-refractivity contribution in [3.8, 4) is 0 Å². The molecular weight excluding hydrogens is 174 g/mol. The van der Waals surface area contributed by atoms with E-state index in [-0.39, 0.29) is 0 Å². The van der Waals surface area contributed by atoms with Crippen LogP contribution in [0, 0.1) is 0 Å². The predicted octanol–water partition coefficient (Wildman–Crippen LogP) is 2.67. The number of rotatable bonds is 1. The summed E-state index contributed by atoms with van der Waals surface area (Å²) in [6, 6.07) is 3.60. The van der Waals surface area contributed by atoms with Gasteiger partial charge in [-0.2, -0.15) is 0 Å². The molecular formula is C5H4ClNS2. The minimum absolute atomic E-state index is 0.515. The summed E-state index contributed by atoms with van der Waals surface area (Å²) < 4.78 is 0. The summed E-state index contributed by atoms with van der Waals surface area (Å²) >= 11 is 9.50. The lowest BCUT2D eigenvalue weighted by atomic mass is 10.5. The second kappa shape index (κ2) is 3.34. The van der Waals surface area contributed by atoms with E-state index in [1.165, 1.54) is 10.8 Å². The van der Waals surface area contributed by atoms with E-state index in [0.29, 0.717) is 5.15 Å². The second-order valence-electron chi connectivity index (χ2n) is 1.41. The lowest BCUT2D eigenvalue weighted by Gasteiger charge is -1.90. The number of pyridine rings is 1. The summed E-state index contributed by atoms with van der Waals surface area (Å²) in [5.74, 6) is 0. The molecule has 1 heterocycles. The molecule has 0 saturated carbocycles. The van der Waals surface area contributed by atoms with Crippen molar-refractivity contribution in [1.29, 1.82) is 0 Å². The summed E-state index contributed by atoms with van der Waals surface area (Å²) in [6.45, 7) is 0. The molecule has 9 heavy (non-hydrogen) atoms. The molecule has 1 rings (SSSR count). The van der Waals surface area contributed by atoms with Crippen LogP contribution in [-0.4, -0.2) is 4.98 Å². The smallest absolute Gasteiger partial charge is 0.129 e. The highest BCUT2D eigenvalue weighted by molar-refractivity contribution is 8.68. The first-order valence-corrected chi connectivity index (χ1v) is 4.50. The van der Waals surface area contributed by atoms with Gasteiger partial charge in [0.15, 0.2) is 0 Å². The van der Waals surface area contributed by atoms with Crippen LogP contribution in [-0.2, 0) is 0 Å². The Kier molecular flexibility index (Phi) is 2.69. The second-order valence-corrected chi connectivity index (χ2v) is 3.00. The van der Waals surface area contributed by atoms with Crippen molar-refractivity contribution in [2.24, 2.45) is 0 Å². The maximum Gasteiger partial charge on any atom is 0.129 e. The molecule has 0 aliphatic carbocycles. The number of thiol groups is 1. The van der Waals surface area contributed by atoms with Gasteiger partial charge in [0.25, 0.3) is 0 Å². The molecule has 0 unspecified atom stereocenters. The Labute approximate surface area is 67.6 Å². The van der Waals surface area contributed by atoms with E-state index in [2.05, 4.69) is 16.6 Å². The van der Waals surface area contributed by atoms with Crippen LogP contribution in [0.2, 0.25) is 5.15 Å². The quantitative estimate of drug-likeness (QED) is 0.403. The molecule has 0 aromatic carbocycles. The maximum atomic E-state index is 5.52. The number of aromatic nitrogens is 1. The molecule has 0 saturated heterocycles. The average Bonchev–Trinajstić information content (AvgIpc) is 1.90.